The van der Waals surface area contributed by atoms with E-state index in [0.717, 1.165) is 47.1 Å². The predicted octanol–water partition coefficient (Wildman–Crippen LogP) is 3.92. The zero-order valence-corrected chi connectivity index (χ0v) is 23.3. The summed E-state index contributed by atoms with van der Waals surface area (Å²) < 4.78 is 20.3. The number of carbonyl (C=O) groups excluding carboxylic acids is 1. The molecular weight excluding hydrogens is 455 g/mol. The van der Waals surface area contributed by atoms with Crippen molar-refractivity contribution in [2.24, 2.45) is 0 Å². The molecule has 1 fully saturated rings. The van der Waals surface area contributed by atoms with E-state index in [4.69, 9.17) is 19.1 Å². The molecule has 0 aliphatic carbocycles. The predicted molar refractivity (Wildman–Crippen MR) is 144 cm³/mol. The normalized spacial score (nSPS) is 19.8. The van der Waals surface area contributed by atoms with Gasteiger partial charge in [-0.1, -0.05) is 18.2 Å². The Labute approximate surface area is 215 Å². The lowest BCUT2D eigenvalue weighted by molar-refractivity contribution is 0.00578. The molecule has 3 heterocycles. The first-order valence-electron chi connectivity index (χ1n) is 12.8. The summed E-state index contributed by atoms with van der Waals surface area (Å²) >= 11 is 0. The van der Waals surface area contributed by atoms with Crippen LogP contribution < -0.4 is 5.46 Å². The number of fused-ring (bicyclic) bond motifs is 1. The lowest BCUT2D eigenvalue weighted by Crippen LogP contribution is -2.41. The Kier molecular flexibility index (Phi) is 7.05. The van der Waals surface area contributed by atoms with E-state index >= 15 is 0 Å². The largest absolute Gasteiger partial charge is 0.494 e. The third kappa shape index (κ3) is 5.48. The highest BCUT2D eigenvalue weighted by Gasteiger charge is 2.51. The van der Waals surface area contributed by atoms with E-state index in [9.17, 15) is 4.79 Å². The maximum absolute atomic E-state index is 12.5. The van der Waals surface area contributed by atoms with Gasteiger partial charge in [-0.05, 0) is 86.1 Å². The second-order valence-electron chi connectivity index (χ2n) is 12.1. The number of hydrogen-bond acceptors (Lipinski definition) is 6. The molecule has 2 aliphatic rings. The van der Waals surface area contributed by atoms with Gasteiger partial charge in [0, 0.05) is 25.0 Å². The number of rotatable bonds is 5. The van der Waals surface area contributed by atoms with E-state index in [-0.39, 0.29) is 6.09 Å². The lowest BCUT2D eigenvalue weighted by atomic mass is 9.78. The minimum atomic E-state index is -0.508. The van der Waals surface area contributed by atoms with Gasteiger partial charge in [0.15, 0.2) is 0 Å². The standard InChI is InChI=1S/C27H41BN4O4/c1-25(2,3)34-24(33)31-14-12-19(13-15-31)23-21-18-20(28-35-26(4,5)27(6,7)36-28)10-11-22(21)32(29-23)17-16-30(8)9/h10-12,18H,13-17H2,1-9H3. The summed E-state index contributed by atoms with van der Waals surface area (Å²) in [5.41, 5.74) is 2.88. The first-order chi connectivity index (χ1) is 16.7. The Morgan fingerprint density at radius 2 is 1.83 bits per heavy atom. The van der Waals surface area contributed by atoms with Gasteiger partial charge in [0.2, 0.25) is 0 Å². The molecule has 2 aromatic rings. The summed E-state index contributed by atoms with van der Waals surface area (Å²) in [6, 6.07) is 6.37. The van der Waals surface area contributed by atoms with E-state index in [1.54, 1.807) is 4.90 Å². The minimum Gasteiger partial charge on any atom is -0.444 e. The molecule has 36 heavy (non-hydrogen) atoms. The van der Waals surface area contributed by atoms with Gasteiger partial charge in [-0.2, -0.15) is 5.10 Å². The van der Waals surface area contributed by atoms with Crippen molar-refractivity contribution in [1.82, 2.24) is 19.6 Å². The van der Waals surface area contributed by atoms with Crippen LogP contribution in [-0.4, -0.2) is 83.3 Å². The lowest BCUT2D eigenvalue weighted by Gasteiger charge is -2.32. The molecule has 4 rings (SSSR count). The maximum atomic E-state index is 12.5. The molecule has 0 radical (unpaired) electrons. The topological polar surface area (TPSA) is 69.1 Å². The Morgan fingerprint density at radius 1 is 1.17 bits per heavy atom. The molecule has 1 amide bonds. The van der Waals surface area contributed by atoms with Crippen LogP contribution in [0.3, 0.4) is 0 Å². The summed E-state index contributed by atoms with van der Waals surface area (Å²) in [6.45, 7) is 16.7. The van der Waals surface area contributed by atoms with Crippen LogP contribution in [0.15, 0.2) is 24.3 Å². The van der Waals surface area contributed by atoms with E-state index in [0.29, 0.717) is 13.1 Å². The fraction of sp³-hybridized carbons (Fsp3) is 0.630. The monoisotopic (exact) mass is 496 g/mol. The van der Waals surface area contributed by atoms with Gasteiger partial charge < -0.3 is 23.8 Å². The van der Waals surface area contributed by atoms with Gasteiger partial charge in [-0.3, -0.25) is 4.68 Å². The van der Waals surface area contributed by atoms with E-state index < -0.39 is 23.9 Å². The summed E-state index contributed by atoms with van der Waals surface area (Å²) in [4.78, 5) is 16.4. The second kappa shape index (κ2) is 9.51. The molecule has 196 valence electrons. The van der Waals surface area contributed by atoms with Crippen molar-refractivity contribution >= 4 is 35.2 Å². The third-order valence-electron chi connectivity index (χ3n) is 7.22. The number of amides is 1. The fourth-order valence-electron chi connectivity index (χ4n) is 4.40. The molecule has 8 nitrogen and oxygen atoms in total. The minimum absolute atomic E-state index is 0.276. The SMILES string of the molecule is CN(C)CCn1nc(C2=CCN(C(=O)OC(C)(C)C)CC2)c2cc(B3OC(C)(C)C(C)(C)O3)ccc21. The summed E-state index contributed by atoms with van der Waals surface area (Å²) in [5, 5.41) is 6.13. The van der Waals surface area contributed by atoms with Gasteiger partial charge in [0.05, 0.1) is 29.0 Å². The molecule has 2 aliphatic heterocycles. The Morgan fingerprint density at radius 3 is 2.39 bits per heavy atom. The van der Waals surface area contributed by atoms with Crippen molar-refractivity contribution in [3.05, 3.63) is 30.0 Å². The molecule has 1 saturated heterocycles. The molecule has 0 atom stereocenters. The summed E-state index contributed by atoms with van der Waals surface area (Å²) in [7, 11) is 3.70. The second-order valence-corrected chi connectivity index (χ2v) is 12.1. The Bertz CT molecular complexity index is 1150. The smallest absolute Gasteiger partial charge is 0.444 e. The number of benzene rings is 1. The number of nitrogens with zero attached hydrogens (tertiary/aromatic N) is 4. The van der Waals surface area contributed by atoms with Crippen LogP contribution in [0, 0.1) is 0 Å². The number of carbonyl (C=O) groups is 1. The molecule has 1 aromatic heterocycles. The molecular formula is C27H41BN4O4. The average molecular weight is 496 g/mol. The highest BCUT2D eigenvalue weighted by Crippen LogP contribution is 2.37. The molecule has 0 spiro atoms. The average Bonchev–Trinajstić information content (AvgIpc) is 3.24. The number of aromatic nitrogens is 2. The first-order valence-corrected chi connectivity index (χ1v) is 12.8. The van der Waals surface area contributed by atoms with Crippen LogP contribution in [0.5, 0.6) is 0 Å². The molecule has 0 unspecified atom stereocenters. The fourth-order valence-corrected chi connectivity index (χ4v) is 4.40. The van der Waals surface area contributed by atoms with Crippen LogP contribution in [0.2, 0.25) is 0 Å². The highest BCUT2D eigenvalue weighted by molar-refractivity contribution is 6.62. The first kappa shape index (κ1) is 26.7. The zero-order chi connectivity index (χ0) is 26.5. The van der Waals surface area contributed by atoms with Crippen molar-refractivity contribution in [3.8, 4) is 0 Å². The van der Waals surface area contributed by atoms with E-state index in [2.05, 4.69) is 75.6 Å². The Balaban J connectivity index is 1.66. The summed E-state index contributed by atoms with van der Waals surface area (Å²) in [5.74, 6) is 0. The van der Waals surface area contributed by atoms with Crippen molar-refractivity contribution in [3.63, 3.8) is 0 Å². The van der Waals surface area contributed by atoms with Gasteiger partial charge in [-0.25, -0.2) is 4.79 Å². The molecule has 1 aromatic carbocycles. The van der Waals surface area contributed by atoms with Gasteiger partial charge >= 0.3 is 13.2 Å². The molecule has 9 heteroatoms. The van der Waals surface area contributed by atoms with Crippen LogP contribution >= 0.6 is 0 Å². The van der Waals surface area contributed by atoms with Gasteiger partial charge in [0.1, 0.15) is 5.60 Å². The Hall–Kier alpha value is -2.36. The highest BCUT2D eigenvalue weighted by atomic mass is 16.7. The van der Waals surface area contributed by atoms with Crippen molar-refractivity contribution in [1.29, 1.82) is 0 Å². The van der Waals surface area contributed by atoms with Crippen LogP contribution in [0.4, 0.5) is 4.79 Å². The quantitative estimate of drug-likeness (QED) is 0.585. The van der Waals surface area contributed by atoms with Crippen LogP contribution in [0.1, 0.15) is 60.6 Å². The van der Waals surface area contributed by atoms with Crippen molar-refractivity contribution in [2.45, 2.75) is 78.2 Å². The van der Waals surface area contributed by atoms with Gasteiger partial charge in [-0.15, -0.1) is 0 Å². The molecule has 0 bridgehead atoms. The number of ether oxygens (including phenoxy) is 1. The molecule has 0 N–H and O–H groups in total. The van der Waals surface area contributed by atoms with Crippen molar-refractivity contribution in [2.75, 3.05) is 33.7 Å². The molecule has 0 saturated carbocycles. The van der Waals surface area contributed by atoms with Crippen molar-refractivity contribution < 1.29 is 18.8 Å². The number of hydrogen-bond donors (Lipinski definition) is 0. The van der Waals surface area contributed by atoms with Crippen LogP contribution in [0.25, 0.3) is 16.5 Å². The van der Waals surface area contributed by atoms with E-state index in [1.165, 1.54) is 0 Å². The zero-order valence-electron chi connectivity index (χ0n) is 23.3. The van der Waals surface area contributed by atoms with Gasteiger partial charge in [0.25, 0.3) is 0 Å². The third-order valence-corrected chi connectivity index (χ3v) is 7.22. The van der Waals surface area contributed by atoms with E-state index in [1.807, 2.05) is 20.8 Å². The maximum Gasteiger partial charge on any atom is 0.494 e. The summed E-state index contributed by atoms with van der Waals surface area (Å²) in [6.07, 6.45) is 2.55. The van der Waals surface area contributed by atoms with Crippen LogP contribution in [-0.2, 0) is 20.6 Å². The number of likely N-dealkylation sites (N-methyl/N-ethyl adjacent to an activating group) is 1.